The number of benzene rings is 2. The number of aryl methyl sites for hydroxylation is 1. The highest BCUT2D eigenvalue weighted by Crippen LogP contribution is 2.18. The van der Waals surface area contributed by atoms with E-state index in [0.717, 1.165) is 17.3 Å². The molecule has 0 atom stereocenters. The summed E-state index contributed by atoms with van der Waals surface area (Å²) in [6.45, 7) is 2.69. The highest BCUT2D eigenvalue weighted by Gasteiger charge is 2.11. The normalized spacial score (nSPS) is 11.0. The monoisotopic (exact) mass is 287 g/mol. The number of rotatable bonds is 4. The summed E-state index contributed by atoms with van der Waals surface area (Å²) in [6.07, 6.45) is 0.601. The molecule has 0 aliphatic rings. The lowest BCUT2D eigenvalue weighted by Gasteiger charge is -2.07. The SMILES string of the molecule is Cc1ccccc1NCCc1nc2c(F)c(F)ccc2[nH]1. The van der Waals surface area contributed by atoms with E-state index in [2.05, 4.69) is 15.3 Å². The molecule has 1 heterocycles. The number of hydrogen-bond donors (Lipinski definition) is 2. The van der Waals surface area contributed by atoms with Crippen molar-refractivity contribution < 1.29 is 8.78 Å². The topological polar surface area (TPSA) is 40.7 Å². The van der Waals surface area contributed by atoms with Gasteiger partial charge in [-0.15, -0.1) is 0 Å². The van der Waals surface area contributed by atoms with Crippen LogP contribution in [-0.4, -0.2) is 16.5 Å². The summed E-state index contributed by atoms with van der Waals surface area (Å²) in [6, 6.07) is 10.6. The Bertz CT molecular complexity index is 780. The predicted molar refractivity (Wildman–Crippen MR) is 79.4 cm³/mol. The zero-order valence-electron chi connectivity index (χ0n) is 11.6. The number of imidazole rings is 1. The van der Waals surface area contributed by atoms with Crippen LogP contribution in [0.1, 0.15) is 11.4 Å². The Balaban J connectivity index is 1.71. The number of aromatic nitrogens is 2. The van der Waals surface area contributed by atoms with Crippen LogP contribution in [0.5, 0.6) is 0 Å². The molecule has 0 unspecified atom stereocenters. The first-order valence-corrected chi connectivity index (χ1v) is 6.77. The maximum Gasteiger partial charge on any atom is 0.186 e. The van der Waals surface area contributed by atoms with Gasteiger partial charge in [0.1, 0.15) is 11.3 Å². The fraction of sp³-hybridized carbons (Fsp3) is 0.188. The number of aromatic amines is 1. The van der Waals surface area contributed by atoms with E-state index in [1.54, 1.807) is 0 Å². The summed E-state index contributed by atoms with van der Waals surface area (Å²) in [5.41, 5.74) is 2.79. The van der Waals surface area contributed by atoms with Crippen LogP contribution in [-0.2, 0) is 6.42 Å². The van der Waals surface area contributed by atoms with Gasteiger partial charge in [0.25, 0.3) is 0 Å². The van der Waals surface area contributed by atoms with Crippen molar-refractivity contribution in [1.29, 1.82) is 0 Å². The number of anilines is 1. The fourth-order valence-electron chi connectivity index (χ4n) is 2.27. The van der Waals surface area contributed by atoms with Gasteiger partial charge in [-0.1, -0.05) is 18.2 Å². The van der Waals surface area contributed by atoms with Gasteiger partial charge in [-0.25, -0.2) is 13.8 Å². The van der Waals surface area contributed by atoms with Crippen molar-refractivity contribution in [2.75, 3.05) is 11.9 Å². The van der Waals surface area contributed by atoms with Gasteiger partial charge in [-0.05, 0) is 30.7 Å². The van der Waals surface area contributed by atoms with E-state index in [4.69, 9.17) is 0 Å². The van der Waals surface area contributed by atoms with E-state index in [1.165, 1.54) is 6.07 Å². The fourth-order valence-corrected chi connectivity index (χ4v) is 2.27. The van der Waals surface area contributed by atoms with Crippen LogP contribution in [0.15, 0.2) is 36.4 Å². The van der Waals surface area contributed by atoms with Crippen LogP contribution in [0.4, 0.5) is 14.5 Å². The van der Waals surface area contributed by atoms with Crippen LogP contribution in [0.25, 0.3) is 11.0 Å². The molecule has 0 saturated carbocycles. The third kappa shape index (κ3) is 2.72. The average molecular weight is 287 g/mol. The van der Waals surface area contributed by atoms with E-state index in [0.29, 0.717) is 24.3 Å². The molecule has 3 rings (SSSR count). The lowest BCUT2D eigenvalue weighted by atomic mass is 10.2. The van der Waals surface area contributed by atoms with Gasteiger partial charge in [-0.2, -0.15) is 0 Å². The van der Waals surface area contributed by atoms with Crippen molar-refractivity contribution in [1.82, 2.24) is 9.97 Å². The maximum atomic E-state index is 13.6. The molecule has 2 aromatic carbocycles. The van der Waals surface area contributed by atoms with Gasteiger partial charge in [0.05, 0.1) is 5.52 Å². The smallest absolute Gasteiger partial charge is 0.186 e. The standard InChI is InChI=1S/C16H15F2N3/c1-10-4-2-3-5-12(10)19-9-8-14-20-13-7-6-11(17)15(18)16(13)21-14/h2-7,19H,8-9H2,1H3,(H,20,21). The Kier molecular flexibility index (Phi) is 3.56. The second kappa shape index (κ2) is 5.52. The molecule has 0 bridgehead atoms. The summed E-state index contributed by atoms with van der Waals surface area (Å²) in [7, 11) is 0. The molecular formula is C16H15F2N3. The van der Waals surface area contributed by atoms with Gasteiger partial charge in [-0.3, -0.25) is 0 Å². The summed E-state index contributed by atoms with van der Waals surface area (Å²) in [5, 5.41) is 3.30. The quantitative estimate of drug-likeness (QED) is 0.766. The van der Waals surface area contributed by atoms with E-state index in [1.807, 2.05) is 31.2 Å². The van der Waals surface area contributed by atoms with Gasteiger partial charge >= 0.3 is 0 Å². The Labute approximate surface area is 121 Å². The lowest BCUT2D eigenvalue weighted by Crippen LogP contribution is -2.06. The average Bonchev–Trinajstić information content (AvgIpc) is 2.89. The number of H-pyrrole nitrogens is 1. The van der Waals surface area contributed by atoms with Crippen molar-refractivity contribution >= 4 is 16.7 Å². The predicted octanol–water partition coefficient (Wildman–Crippen LogP) is 3.80. The molecule has 108 valence electrons. The molecule has 5 heteroatoms. The summed E-state index contributed by atoms with van der Waals surface area (Å²) < 4.78 is 26.7. The molecule has 3 nitrogen and oxygen atoms in total. The molecule has 2 N–H and O–H groups in total. The molecule has 0 aliphatic carbocycles. The third-order valence-corrected chi connectivity index (χ3v) is 3.42. The molecule has 0 aliphatic heterocycles. The molecule has 0 spiro atoms. The van der Waals surface area contributed by atoms with E-state index in [9.17, 15) is 8.78 Å². The number of halogens is 2. The third-order valence-electron chi connectivity index (χ3n) is 3.42. The Hall–Kier alpha value is -2.43. The molecule has 1 aromatic heterocycles. The number of nitrogens with zero attached hydrogens (tertiary/aromatic N) is 1. The minimum Gasteiger partial charge on any atom is -0.384 e. The van der Waals surface area contributed by atoms with Crippen molar-refractivity contribution in [3.05, 3.63) is 59.4 Å². The van der Waals surface area contributed by atoms with Crippen molar-refractivity contribution in [2.45, 2.75) is 13.3 Å². The molecular weight excluding hydrogens is 272 g/mol. The molecule has 3 aromatic rings. The number of para-hydroxylation sites is 1. The number of hydrogen-bond acceptors (Lipinski definition) is 2. The highest BCUT2D eigenvalue weighted by molar-refractivity contribution is 5.75. The second-order valence-corrected chi connectivity index (χ2v) is 4.93. The Morgan fingerprint density at radius 2 is 1.95 bits per heavy atom. The van der Waals surface area contributed by atoms with Gasteiger partial charge in [0.2, 0.25) is 0 Å². The van der Waals surface area contributed by atoms with Crippen LogP contribution in [0.3, 0.4) is 0 Å². The maximum absolute atomic E-state index is 13.6. The molecule has 0 fully saturated rings. The Morgan fingerprint density at radius 3 is 2.76 bits per heavy atom. The summed E-state index contributed by atoms with van der Waals surface area (Å²) in [5.74, 6) is -1.14. The van der Waals surface area contributed by atoms with E-state index in [-0.39, 0.29) is 5.52 Å². The zero-order valence-corrected chi connectivity index (χ0v) is 11.6. The van der Waals surface area contributed by atoms with Crippen molar-refractivity contribution in [3.8, 4) is 0 Å². The van der Waals surface area contributed by atoms with E-state index < -0.39 is 11.6 Å². The molecule has 0 amide bonds. The molecule has 21 heavy (non-hydrogen) atoms. The molecule has 0 saturated heterocycles. The minimum absolute atomic E-state index is 0.0564. The van der Waals surface area contributed by atoms with Gasteiger partial charge in [0, 0.05) is 18.7 Å². The summed E-state index contributed by atoms with van der Waals surface area (Å²) in [4.78, 5) is 7.12. The Morgan fingerprint density at radius 1 is 1.14 bits per heavy atom. The zero-order chi connectivity index (χ0) is 14.8. The lowest BCUT2D eigenvalue weighted by molar-refractivity contribution is 0.515. The minimum atomic E-state index is -0.901. The van der Waals surface area contributed by atoms with Crippen molar-refractivity contribution in [3.63, 3.8) is 0 Å². The van der Waals surface area contributed by atoms with Crippen LogP contribution in [0.2, 0.25) is 0 Å². The first-order valence-electron chi connectivity index (χ1n) is 6.77. The first kappa shape index (κ1) is 13.5. The number of nitrogens with one attached hydrogen (secondary N) is 2. The molecule has 0 radical (unpaired) electrons. The number of fused-ring (bicyclic) bond motifs is 1. The van der Waals surface area contributed by atoms with Crippen molar-refractivity contribution in [2.24, 2.45) is 0 Å². The second-order valence-electron chi connectivity index (χ2n) is 4.93. The summed E-state index contributed by atoms with van der Waals surface area (Å²) >= 11 is 0. The first-order chi connectivity index (χ1) is 10.1. The van der Waals surface area contributed by atoms with Crippen LogP contribution < -0.4 is 5.32 Å². The van der Waals surface area contributed by atoms with Gasteiger partial charge < -0.3 is 10.3 Å². The van der Waals surface area contributed by atoms with E-state index >= 15 is 0 Å². The highest BCUT2D eigenvalue weighted by atomic mass is 19.2. The van der Waals surface area contributed by atoms with Gasteiger partial charge in [0.15, 0.2) is 11.6 Å². The van der Waals surface area contributed by atoms with Crippen LogP contribution in [0, 0.1) is 18.6 Å². The largest absolute Gasteiger partial charge is 0.384 e. The van der Waals surface area contributed by atoms with Crippen LogP contribution >= 0.6 is 0 Å².